The third kappa shape index (κ3) is 4.43. The van der Waals surface area contributed by atoms with Crippen molar-refractivity contribution >= 4 is 43.1 Å². The van der Waals surface area contributed by atoms with Gasteiger partial charge in [-0.3, -0.25) is 0 Å². The van der Waals surface area contributed by atoms with Gasteiger partial charge in [0.1, 0.15) is 0 Å². The van der Waals surface area contributed by atoms with E-state index in [0.717, 1.165) is 33.6 Å². The van der Waals surface area contributed by atoms with Crippen LogP contribution in [0.1, 0.15) is 0 Å². The highest BCUT2D eigenvalue weighted by molar-refractivity contribution is 6.15. The van der Waals surface area contributed by atoms with E-state index < -0.39 is 0 Å². The molecule has 46 heavy (non-hydrogen) atoms. The van der Waals surface area contributed by atoms with Gasteiger partial charge in [-0.1, -0.05) is 152 Å². The molecule has 0 aliphatic rings. The van der Waals surface area contributed by atoms with Crippen LogP contribution in [0.4, 0.5) is 0 Å². The molecule has 0 saturated heterocycles. The first-order chi connectivity index (χ1) is 22.8. The molecule has 9 aromatic rings. The maximum absolute atomic E-state index is 5.22. The Morgan fingerprint density at radius 1 is 0.283 bits per heavy atom. The van der Waals surface area contributed by atoms with Gasteiger partial charge in [0.2, 0.25) is 0 Å². The van der Waals surface area contributed by atoms with Crippen LogP contribution in [0.15, 0.2) is 170 Å². The Hall–Kier alpha value is -6.12. The van der Waals surface area contributed by atoms with Gasteiger partial charge in [-0.25, -0.2) is 9.97 Å². The second-order valence-corrected chi connectivity index (χ2v) is 11.8. The van der Waals surface area contributed by atoms with Gasteiger partial charge in [0.05, 0.1) is 11.4 Å². The quantitative estimate of drug-likeness (QED) is 0.152. The lowest BCUT2D eigenvalue weighted by molar-refractivity contribution is 1.19. The minimum absolute atomic E-state index is 0.713. The lowest BCUT2D eigenvalue weighted by atomic mass is 9.92. The number of benzene rings is 8. The Balaban J connectivity index is 1.30. The standard InChI is InChI=1S/C44H28N2/c1-2-13-30(14-3-1)44-45-42(39-20-9-8-19-36(39)35-21-10-17-29-12-6-7-18-34(29)35)28-43(46-44)40-23-11-22-37-38(40)25-24-33-26-31-15-4-5-16-32(31)27-41(33)37/h1-28H. The molecule has 0 spiro atoms. The van der Waals surface area contributed by atoms with Crippen molar-refractivity contribution in [1.82, 2.24) is 9.97 Å². The fourth-order valence-corrected chi connectivity index (χ4v) is 6.85. The van der Waals surface area contributed by atoms with E-state index in [1.807, 2.05) is 18.2 Å². The monoisotopic (exact) mass is 584 g/mol. The van der Waals surface area contributed by atoms with Gasteiger partial charge in [-0.15, -0.1) is 0 Å². The largest absolute Gasteiger partial charge is 0.228 e. The third-order valence-electron chi connectivity index (χ3n) is 9.06. The molecule has 0 aliphatic carbocycles. The van der Waals surface area contributed by atoms with Crippen molar-refractivity contribution in [3.8, 4) is 45.0 Å². The number of aromatic nitrogens is 2. The zero-order chi connectivity index (χ0) is 30.5. The Bertz CT molecular complexity index is 2580. The molecule has 1 aromatic heterocycles. The average molecular weight is 585 g/mol. The van der Waals surface area contributed by atoms with Gasteiger partial charge < -0.3 is 0 Å². The summed E-state index contributed by atoms with van der Waals surface area (Å²) in [5.74, 6) is 0.713. The lowest BCUT2D eigenvalue weighted by Gasteiger charge is -2.15. The fraction of sp³-hybridized carbons (Fsp3) is 0. The first kappa shape index (κ1) is 26.3. The smallest absolute Gasteiger partial charge is 0.160 e. The molecule has 1 heterocycles. The van der Waals surface area contributed by atoms with Crippen molar-refractivity contribution in [3.05, 3.63) is 170 Å². The summed E-state index contributed by atoms with van der Waals surface area (Å²) in [6.45, 7) is 0. The van der Waals surface area contributed by atoms with E-state index in [9.17, 15) is 0 Å². The third-order valence-corrected chi connectivity index (χ3v) is 9.06. The molecule has 8 aromatic carbocycles. The molecule has 0 radical (unpaired) electrons. The molecule has 9 rings (SSSR count). The lowest BCUT2D eigenvalue weighted by Crippen LogP contribution is -1.97. The molecular weight excluding hydrogens is 556 g/mol. The molecule has 0 N–H and O–H groups in total. The summed E-state index contributed by atoms with van der Waals surface area (Å²) in [6.07, 6.45) is 0. The van der Waals surface area contributed by atoms with E-state index >= 15 is 0 Å². The SMILES string of the molecule is c1ccc(-c2nc(-c3ccccc3-c3cccc4ccccc34)cc(-c3cccc4c3ccc3cc5ccccc5cc34)n2)cc1. The molecule has 2 nitrogen and oxygen atoms in total. The molecule has 0 fully saturated rings. The minimum atomic E-state index is 0.713. The van der Waals surface area contributed by atoms with Gasteiger partial charge in [0.25, 0.3) is 0 Å². The summed E-state index contributed by atoms with van der Waals surface area (Å²) in [4.78, 5) is 10.4. The number of hydrogen-bond acceptors (Lipinski definition) is 2. The Labute approximate surface area is 267 Å². The average Bonchev–Trinajstić information content (AvgIpc) is 3.13. The highest BCUT2D eigenvalue weighted by Crippen LogP contribution is 2.39. The van der Waals surface area contributed by atoms with Crippen molar-refractivity contribution in [2.45, 2.75) is 0 Å². The van der Waals surface area contributed by atoms with Gasteiger partial charge in [0.15, 0.2) is 5.82 Å². The maximum atomic E-state index is 5.22. The first-order valence-electron chi connectivity index (χ1n) is 15.7. The molecule has 214 valence electrons. The van der Waals surface area contributed by atoms with Crippen LogP contribution in [-0.4, -0.2) is 9.97 Å². The number of hydrogen-bond donors (Lipinski definition) is 0. The van der Waals surface area contributed by atoms with Gasteiger partial charge >= 0.3 is 0 Å². The van der Waals surface area contributed by atoms with Crippen molar-refractivity contribution in [3.63, 3.8) is 0 Å². The molecule has 0 bridgehead atoms. The van der Waals surface area contributed by atoms with E-state index in [1.165, 1.54) is 48.7 Å². The van der Waals surface area contributed by atoms with E-state index in [4.69, 9.17) is 9.97 Å². The number of rotatable bonds is 4. The summed E-state index contributed by atoms with van der Waals surface area (Å²) in [5, 5.41) is 9.83. The summed E-state index contributed by atoms with van der Waals surface area (Å²) in [5.41, 5.74) is 7.31. The minimum Gasteiger partial charge on any atom is -0.228 e. The molecule has 0 unspecified atom stereocenters. The summed E-state index contributed by atoms with van der Waals surface area (Å²) in [6, 6.07) is 60.4. The van der Waals surface area contributed by atoms with Gasteiger partial charge in [-0.2, -0.15) is 0 Å². The van der Waals surface area contributed by atoms with E-state index in [2.05, 4.69) is 152 Å². The number of nitrogens with zero attached hydrogens (tertiary/aromatic N) is 2. The van der Waals surface area contributed by atoms with Crippen LogP contribution in [0.5, 0.6) is 0 Å². The van der Waals surface area contributed by atoms with E-state index in [0.29, 0.717) is 5.82 Å². The Kier molecular flexibility index (Phi) is 6.17. The zero-order valence-electron chi connectivity index (χ0n) is 25.1. The van der Waals surface area contributed by atoms with Crippen LogP contribution in [0, 0.1) is 0 Å². The highest BCUT2D eigenvalue weighted by Gasteiger charge is 2.17. The fourth-order valence-electron chi connectivity index (χ4n) is 6.85. The molecule has 0 saturated carbocycles. The predicted octanol–water partition coefficient (Wildman–Crippen LogP) is 11.8. The Morgan fingerprint density at radius 3 is 1.72 bits per heavy atom. The van der Waals surface area contributed by atoms with Crippen molar-refractivity contribution in [2.24, 2.45) is 0 Å². The zero-order valence-corrected chi connectivity index (χ0v) is 25.1. The summed E-state index contributed by atoms with van der Waals surface area (Å²) < 4.78 is 0. The van der Waals surface area contributed by atoms with Crippen LogP contribution in [0.2, 0.25) is 0 Å². The number of fused-ring (bicyclic) bond motifs is 5. The Morgan fingerprint density at radius 2 is 0.870 bits per heavy atom. The summed E-state index contributed by atoms with van der Waals surface area (Å²) >= 11 is 0. The van der Waals surface area contributed by atoms with Crippen LogP contribution in [0.25, 0.3) is 88.1 Å². The topological polar surface area (TPSA) is 25.8 Å². The molecule has 2 heteroatoms. The normalized spacial score (nSPS) is 11.5. The molecular formula is C44H28N2. The van der Waals surface area contributed by atoms with Crippen LogP contribution < -0.4 is 0 Å². The van der Waals surface area contributed by atoms with E-state index in [1.54, 1.807) is 0 Å². The predicted molar refractivity (Wildman–Crippen MR) is 194 cm³/mol. The molecule has 0 aliphatic heterocycles. The van der Waals surface area contributed by atoms with Gasteiger partial charge in [-0.05, 0) is 72.4 Å². The second kappa shape index (κ2) is 10.8. The highest BCUT2D eigenvalue weighted by atomic mass is 14.9. The van der Waals surface area contributed by atoms with Crippen LogP contribution in [0.3, 0.4) is 0 Å². The molecule has 0 atom stereocenters. The van der Waals surface area contributed by atoms with Crippen molar-refractivity contribution in [2.75, 3.05) is 0 Å². The second-order valence-electron chi connectivity index (χ2n) is 11.8. The van der Waals surface area contributed by atoms with Crippen LogP contribution in [-0.2, 0) is 0 Å². The maximum Gasteiger partial charge on any atom is 0.160 e. The van der Waals surface area contributed by atoms with Crippen molar-refractivity contribution in [1.29, 1.82) is 0 Å². The van der Waals surface area contributed by atoms with Gasteiger partial charge in [0, 0.05) is 16.7 Å². The van der Waals surface area contributed by atoms with Crippen LogP contribution >= 0.6 is 0 Å². The first-order valence-corrected chi connectivity index (χ1v) is 15.7. The van der Waals surface area contributed by atoms with E-state index in [-0.39, 0.29) is 0 Å². The summed E-state index contributed by atoms with van der Waals surface area (Å²) in [7, 11) is 0. The van der Waals surface area contributed by atoms with Crippen molar-refractivity contribution < 1.29 is 0 Å². The molecule has 0 amide bonds.